The molecule has 20 heavy (non-hydrogen) atoms. The van der Waals surface area contributed by atoms with Gasteiger partial charge in [0, 0.05) is 11.6 Å². The smallest absolute Gasteiger partial charge is 0.229 e. The van der Waals surface area contributed by atoms with Gasteiger partial charge in [0.15, 0.2) is 0 Å². The molecule has 0 aliphatic carbocycles. The van der Waals surface area contributed by atoms with Crippen LogP contribution in [0.2, 0.25) is 0 Å². The third kappa shape index (κ3) is 2.33. The van der Waals surface area contributed by atoms with Crippen molar-refractivity contribution in [1.82, 2.24) is 4.98 Å². The molecule has 0 unspecified atom stereocenters. The van der Waals surface area contributed by atoms with E-state index in [0.717, 1.165) is 16.5 Å². The van der Waals surface area contributed by atoms with Crippen LogP contribution in [-0.4, -0.2) is 9.97 Å². The van der Waals surface area contributed by atoms with E-state index < -0.39 is 0 Å². The first-order chi connectivity index (χ1) is 9.75. The molecule has 0 radical (unpaired) electrons. The zero-order chi connectivity index (χ0) is 13.9. The molecule has 0 saturated carbocycles. The molecule has 0 fully saturated rings. The highest BCUT2D eigenvalue weighted by molar-refractivity contribution is 7.80. The summed E-state index contributed by atoms with van der Waals surface area (Å²) >= 11 is 5.02. The Morgan fingerprint density at radius 2 is 1.80 bits per heavy atom. The number of rotatable bonds is 3. The molecular formula is C16H12N2OS. The van der Waals surface area contributed by atoms with E-state index in [1.165, 1.54) is 0 Å². The molecule has 0 saturated heterocycles. The lowest BCUT2D eigenvalue weighted by atomic mass is 10.1. The van der Waals surface area contributed by atoms with Crippen molar-refractivity contribution in [2.75, 3.05) is 0 Å². The summed E-state index contributed by atoms with van der Waals surface area (Å²) in [4.78, 5) is 4.48. The number of ether oxygens (including phenoxy) is 1. The number of thiocarbonyl (C=S) groups is 1. The van der Waals surface area contributed by atoms with Gasteiger partial charge in [-0.3, -0.25) is 0 Å². The summed E-state index contributed by atoms with van der Waals surface area (Å²) in [6.07, 6.45) is 1.65. The van der Waals surface area contributed by atoms with Crippen LogP contribution in [0.5, 0.6) is 11.6 Å². The van der Waals surface area contributed by atoms with E-state index in [1.807, 2.05) is 42.5 Å². The quantitative estimate of drug-likeness (QED) is 0.744. The van der Waals surface area contributed by atoms with Crippen molar-refractivity contribution in [2.45, 2.75) is 0 Å². The molecule has 1 aromatic heterocycles. The summed E-state index contributed by atoms with van der Waals surface area (Å²) < 4.78 is 5.91. The maximum atomic E-state index is 5.91. The summed E-state index contributed by atoms with van der Waals surface area (Å²) in [5, 5.41) is 2.13. The van der Waals surface area contributed by atoms with Crippen LogP contribution in [0.4, 0.5) is 0 Å². The molecule has 0 bridgehead atoms. The highest BCUT2D eigenvalue weighted by Crippen LogP contribution is 2.30. The fourth-order valence-electron chi connectivity index (χ4n) is 2.05. The van der Waals surface area contributed by atoms with E-state index in [0.29, 0.717) is 11.4 Å². The molecule has 2 aromatic carbocycles. The number of nitrogens with zero attached hydrogens (tertiary/aromatic N) is 1. The SMILES string of the molecule is NC(=S)c1cccnc1Oc1cccc2ccccc12. The molecule has 0 aliphatic heterocycles. The molecule has 3 aromatic rings. The van der Waals surface area contributed by atoms with Gasteiger partial charge >= 0.3 is 0 Å². The van der Waals surface area contributed by atoms with Crippen molar-refractivity contribution >= 4 is 28.0 Å². The zero-order valence-electron chi connectivity index (χ0n) is 10.6. The number of hydrogen-bond donors (Lipinski definition) is 1. The summed E-state index contributed by atoms with van der Waals surface area (Å²) in [5.74, 6) is 1.16. The Labute approximate surface area is 122 Å². The molecule has 98 valence electrons. The Balaban J connectivity index is 2.08. The van der Waals surface area contributed by atoms with Crippen molar-refractivity contribution in [3.63, 3.8) is 0 Å². The maximum Gasteiger partial charge on any atom is 0.229 e. The number of pyridine rings is 1. The average molecular weight is 280 g/mol. The predicted molar refractivity (Wildman–Crippen MR) is 84.1 cm³/mol. The van der Waals surface area contributed by atoms with E-state index in [9.17, 15) is 0 Å². The Morgan fingerprint density at radius 1 is 1.00 bits per heavy atom. The third-order valence-electron chi connectivity index (χ3n) is 2.99. The molecular weight excluding hydrogens is 268 g/mol. The topological polar surface area (TPSA) is 48.1 Å². The third-order valence-corrected chi connectivity index (χ3v) is 3.21. The van der Waals surface area contributed by atoms with Crippen molar-refractivity contribution in [1.29, 1.82) is 0 Å². The van der Waals surface area contributed by atoms with Crippen LogP contribution < -0.4 is 10.5 Å². The van der Waals surface area contributed by atoms with Gasteiger partial charge < -0.3 is 10.5 Å². The van der Waals surface area contributed by atoms with Gasteiger partial charge in [-0.2, -0.15) is 0 Å². The molecule has 2 N–H and O–H groups in total. The van der Waals surface area contributed by atoms with Gasteiger partial charge in [-0.15, -0.1) is 0 Å². The molecule has 3 nitrogen and oxygen atoms in total. The Kier molecular flexibility index (Phi) is 3.31. The van der Waals surface area contributed by atoms with Crippen molar-refractivity contribution in [3.8, 4) is 11.6 Å². The zero-order valence-corrected chi connectivity index (χ0v) is 11.4. The highest BCUT2D eigenvalue weighted by atomic mass is 32.1. The van der Waals surface area contributed by atoms with Crippen LogP contribution in [0.15, 0.2) is 60.8 Å². The predicted octanol–water partition coefficient (Wildman–Crippen LogP) is 3.66. The van der Waals surface area contributed by atoms with E-state index in [2.05, 4.69) is 4.98 Å². The second-order valence-corrected chi connectivity index (χ2v) is 4.74. The molecule has 4 heteroatoms. The van der Waals surface area contributed by atoms with Gasteiger partial charge in [0.05, 0.1) is 5.56 Å². The molecule has 0 atom stereocenters. The van der Waals surface area contributed by atoms with E-state index in [1.54, 1.807) is 18.3 Å². The van der Waals surface area contributed by atoms with Crippen LogP contribution in [0.25, 0.3) is 10.8 Å². The maximum absolute atomic E-state index is 5.91. The highest BCUT2D eigenvalue weighted by Gasteiger charge is 2.10. The average Bonchev–Trinajstić information content (AvgIpc) is 2.48. The lowest BCUT2D eigenvalue weighted by Gasteiger charge is -2.10. The fraction of sp³-hybridized carbons (Fsp3) is 0. The fourth-order valence-corrected chi connectivity index (χ4v) is 2.20. The molecule has 1 heterocycles. The number of nitrogens with two attached hydrogens (primary N) is 1. The lowest BCUT2D eigenvalue weighted by molar-refractivity contribution is 0.467. The number of aromatic nitrogens is 1. The molecule has 0 amide bonds. The van der Waals surface area contributed by atoms with E-state index in [-0.39, 0.29) is 4.99 Å². The monoisotopic (exact) mass is 280 g/mol. The van der Waals surface area contributed by atoms with E-state index in [4.69, 9.17) is 22.7 Å². The van der Waals surface area contributed by atoms with Crippen molar-refractivity contribution < 1.29 is 4.74 Å². The van der Waals surface area contributed by atoms with Crippen LogP contribution in [0, 0.1) is 0 Å². The van der Waals surface area contributed by atoms with Gasteiger partial charge in [-0.25, -0.2) is 4.98 Å². The minimum Gasteiger partial charge on any atom is -0.438 e. The van der Waals surface area contributed by atoms with Gasteiger partial charge in [-0.05, 0) is 23.6 Å². The van der Waals surface area contributed by atoms with Crippen LogP contribution in [0.1, 0.15) is 5.56 Å². The molecule has 0 spiro atoms. The Hall–Kier alpha value is -2.46. The Morgan fingerprint density at radius 3 is 2.65 bits per heavy atom. The standard InChI is InChI=1S/C16H12N2OS/c17-15(20)13-8-4-10-18-16(13)19-14-9-3-6-11-5-1-2-7-12(11)14/h1-10H,(H2,17,20). The first-order valence-corrected chi connectivity index (χ1v) is 6.57. The second kappa shape index (κ2) is 5.27. The second-order valence-electron chi connectivity index (χ2n) is 4.30. The summed E-state index contributed by atoms with van der Waals surface area (Å²) in [7, 11) is 0. The van der Waals surface area contributed by atoms with Crippen LogP contribution >= 0.6 is 12.2 Å². The summed E-state index contributed by atoms with van der Waals surface area (Å²) in [6, 6.07) is 17.5. The molecule has 3 rings (SSSR count). The number of fused-ring (bicyclic) bond motifs is 1. The minimum absolute atomic E-state index is 0.272. The minimum atomic E-state index is 0.272. The van der Waals surface area contributed by atoms with Crippen molar-refractivity contribution in [3.05, 3.63) is 66.4 Å². The number of hydrogen-bond acceptors (Lipinski definition) is 3. The molecule has 0 aliphatic rings. The largest absolute Gasteiger partial charge is 0.438 e. The van der Waals surface area contributed by atoms with Gasteiger partial charge in [0.2, 0.25) is 5.88 Å². The van der Waals surface area contributed by atoms with Crippen molar-refractivity contribution in [2.24, 2.45) is 5.73 Å². The van der Waals surface area contributed by atoms with Gasteiger partial charge in [0.25, 0.3) is 0 Å². The summed E-state index contributed by atoms with van der Waals surface area (Å²) in [6.45, 7) is 0. The lowest BCUT2D eigenvalue weighted by Crippen LogP contribution is -2.11. The number of benzene rings is 2. The van der Waals surface area contributed by atoms with Crippen LogP contribution in [-0.2, 0) is 0 Å². The van der Waals surface area contributed by atoms with Gasteiger partial charge in [-0.1, -0.05) is 48.6 Å². The normalized spacial score (nSPS) is 10.4. The van der Waals surface area contributed by atoms with Crippen LogP contribution in [0.3, 0.4) is 0 Å². The Bertz CT molecular complexity index is 781. The van der Waals surface area contributed by atoms with E-state index >= 15 is 0 Å². The summed E-state index contributed by atoms with van der Waals surface area (Å²) in [5.41, 5.74) is 6.33. The first kappa shape index (κ1) is 12.6. The first-order valence-electron chi connectivity index (χ1n) is 6.16. The van der Waals surface area contributed by atoms with Gasteiger partial charge in [0.1, 0.15) is 10.7 Å².